The van der Waals surface area contributed by atoms with E-state index in [1.807, 2.05) is 64.9 Å². The molecule has 7 N–H and O–H groups in total. The molecule has 4 rings (SSSR count). The minimum Gasteiger partial charge on any atom is -0.405 e. The summed E-state index contributed by atoms with van der Waals surface area (Å²) in [6, 6.07) is 16.7. The van der Waals surface area contributed by atoms with Crippen LogP contribution >= 0.6 is 0 Å². The van der Waals surface area contributed by atoms with E-state index >= 15 is 0 Å². The summed E-state index contributed by atoms with van der Waals surface area (Å²) >= 11 is 0. The van der Waals surface area contributed by atoms with Crippen molar-refractivity contribution in [1.82, 2.24) is 21.4 Å². The minimum atomic E-state index is 0.107. The maximum Gasteiger partial charge on any atom is 0.0694 e. The van der Waals surface area contributed by atoms with Crippen LogP contribution in [0.15, 0.2) is 147 Å². The predicted molar refractivity (Wildman–Crippen MR) is 216 cm³/mol. The number of aryl methyl sites for hydroxylation is 2. The normalized spacial score (nSPS) is 16.8. The Morgan fingerprint density at radius 3 is 2.04 bits per heavy atom. The van der Waals surface area contributed by atoms with Crippen LogP contribution in [0.25, 0.3) is 11.6 Å². The smallest absolute Gasteiger partial charge is 0.0694 e. The van der Waals surface area contributed by atoms with E-state index in [0.717, 1.165) is 30.8 Å². The van der Waals surface area contributed by atoms with Crippen LogP contribution in [-0.4, -0.2) is 23.7 Å². The SMILES string of the molecule is C/C=C\CN1NCC2(C=CC=CC2)N1.C=C.C=C/C(=C\C)c1ccc(C)cc1.CC.CC.Cc1ccc(/C=C/C(=C/C=C\N)NN)cc1. The molecule has 2 aromatic rings. The first-order valence-corrected chi connectivity index (χ1v) is 16.8. The van der Waals surface area contributed by atoms with E-state index in [0.29, 0.717) is 0 Å². The van der Waals surface area contributed by atoms with Crippen molar-refractivity contribution in [3.8, 4) is 0 Å². The molecule has 2 aromatic carbocycles. The molecule has 6 heteroatoms. The maximum atomic E-state index is 5.36. The molecule has 1 fully saturated rings. The Morgan fingerprint density at radius 2 is 1.56 bits per heavy atom. The molecular formula is C42H64N6. The molecule has 1 spiro atoms. The molecule has 1 atom stereocenters. The van der Waals surface area contributed by atoms with Crippen LogP contribution in [0.2, 0.25) is 0 Å². The van der Waals surface area contributed by atoms with Crippen LogP contribution in [0.5, 0.6) is 0 Å². The zero-order chi connectivity index (χ0) is 36.6. The lowest BCUT2D eigenvalue weighted by molar-refractivity contribution is 0.181. The van der Waals surface area contributed by atoms with Crippen LogP contribution in [0.4, 0.5) is 0 Å². The number of allylic oxidation sites excluding steroid dienone is 9. The fourth-order valence-electron chi connectivity index (χ4n) is 4.11. The molecule has 1 aliphatic carbocycles. The van der Waals surface area contributed by atoms with Gasteiger partial charge in [0.15, 0.2) is 0 Å². The average molecular weight is 653 g/mol. The molecule has 48 heavy (non-hydrogen) atoms. The zero-order valence-corrected chi connectivity index (χ0v) is 31.0. The van der Waals surface area contributed by atoms with Crippen LogP contribution in [0.3, 0.4) is 0 Å². The third-order valence-electron chi connectivity index (χ3n) is 6.61. The topological polar surface area (TPSA) is 91.4 Å². The molecule has 1 saturated heterocycles. The van der Waals surface area contributed by atoms with Gasteiger partial charge in [-0.3, -0.25) is 5.84 Å². The van der Waals surface area contributed by atoms with E-state index in [9.17, 15) is 0 Å². The summed E-state index contributed by atoms with van der Waals surface area (Å²) < 4.78 is 0. The number of rotatable bonds is 8. The first kappa shape index (κ1) is 45.7. The van der Waals surface area contributed by atoms with Crippen LogP contribution < -0.4 is 27.9 Å². The summed E-state index contributed by atoms with van der Waals surface area (Å²) in [5, 5.41) is 2.05. The summed E-state index contributed by atoms with van der Waals surface area (Å²) in [4.78, 5) is 0. The summed E-state index contributed by atoms with van der Waals surface area (Å²) in [5.74, 6) is 5.36. The lowest BCUT2D eigenvalue weighted by Crippen LogP contribution is -2.46. The van der Waals surface area contributed by atoms with Gasteiger partial charge in [-0.2, -0.15) is 5.12 Å². The maximum absolute atomic E-state index is 5.36. The molecule has 262 valence electrons. The molecular weight excluding hydrogens is 589 g/mol. The van der Waals surface area contributed by atoms with Crippen molar-refractivity contribution >= 4 is 11.6 Å². The van der Waals surface area contributed by atoms with Gasteiger partial charge in [-0.25, -0.2) is 10.9 Å². The number of benzene rings is 2. The first-order chi connectivity index (χ1) is 23.4. The molecule has 6 nitrogen and oxygen atoms in total. The number of hydrogen-bond donors (Lipinski definition) is 5. The second-order valence-corrected chi connectivity index (χ2v) is 9.98. The molecule has 0 bridgehead atoms. The van der Waals surface area contributed by atoms with Crippen molar-refractivity contribution in [1.29, 1.82) is 0 Å². The van der Waals surface area contributed by atoms with Gasteiger partial charge < -0.3 is 11.2 Å². The zero-order valence-electron chi connectivity index (χ0n) is 31.0. The van der Waals surface area contributed by atoms with Gasteiger partial charge in [0.2, 0.25) is 0 Å². The molecule has 0 radical (unpaired) electrons. The number of nitrogens with zero attached hydrogens (tertiary/aromatic N) is 1. The summed E-state index contributed by atoms with van der Waals surface area (Å²) in [6.45, 7) is 27.8. The van der Waals surface area contributed by atoms with E-state index in [2.05, 4.69) is 141 Å². The third-order valence-corrected chi connectivity index (χ3v) is 6.61. The highest BCUT2D eigenvalue weighted by atomic mass is 15.8. The van der Waals surface area contributed by atoms with Gasteiger partial charge in [0.25, 0.3) is 0 Å². The van der Waals surface area contributed by atoms with Crippen LogP contribution in [-0.2, 0) is 0 Å². The molecule has 0 saturated carbocycles. The second-order valence-electron chi connectivity index (χ2n) is 9.98. The summed E-state index contributed by atoms with van der Waals surface area (Å²) in [7, 11) is 0. The number of nitrogens with two attached hydrogens (primary N) is 2. The van der Waals surface area contributed by atoms with Crippen molar-refractivity contribution in [2.75, 3.05) is 13.1 Å². The van der Waals surface area contributed by atoms with Gasteiger partial charge in [-0.15, -0.1) is 13.2 Å². The Bertz CT molecular complexity index is 1310. The van der Waals surface area contributed by atoms with Crippen LogP contribution in [0.1, 0.15) is 70.2 Å². The van der Waals surface area contributed by atoms with Gasteiger partial charge in [0, 0.05) is 18.8 Å². The van der Waals surface area contributed by atoms with Gasteiger partial charge in [-0.1, -0.05) is 149 Å². The van der Waals surface area contributed by atoms with E-state index in [1.54, 1.807) is 12.2 Å². The van der Waals surface area contributed by atoms with Crippen molar-refractivity contribution in [2.24, 2.45) is 11.6 Å². The molecule has 1 aliphatic heterocycles. The first-order valence-electron chi connectivity index (χ1n) is 16.8. The van der Waals surface area contributed by atoms with Crippen LogP contribution in [0, 0.1) is 13.8 Å². The Balaban J connectivity index is 0. The lowest BCUT2D eigenvalue weighted by Gasteiger charge is -2.25. The monoisotopic (exact) mass is 653 g/mol. The van der Waals surface area contributed by atoms with Gasteiger partial charge >= 0.3 is 0 Å². The fourth-order valence-corrected chi connectivity index (χ4v) is 4.11. The fraction of sp³-hybridized carbons (Fsp3) is 0.286. The van der Waals surface area contributed by atoms with Gasteiger partial charge in [0.1, 0.15) is 0 Å². The van der Waals surface area contributed by atoms with E-state index in [1.165, 1.54) is 28.5 Å². The Kier molecular flexibility index (Phi) is 28.5. The molecule has 2 aliphatic rings. The Morgan fingerprint density at radius 1 is 0.958 bits per heavy atom. The van der Waals surface area contributed by atoms with Crippen molar-refractivity contribution in [2.45, 2.75) is 67.3 Å². The Hall–Kier alpha value is -4.46. The van der Waals surface area contributed by atoms with Crippen molar-refractivity contribution < 1.29 is 0 Å². The lowest BCUT2D eigenvalue weighted by atomic mass is 9.93. The largest absolute Gasteiger partial charge is 0.405 e. The second kappa shape index (κ2) is 29.9. The number of nitrogens with one attached hydrogen (secondary N) is 3. The van der Waals surface area contributed by atoms with Gasteiger partial charge in [0.05, 0.1) is 5.54 Å². The standard InChI is InChI=1S/C13H17N3.C12H14.C11H17N3.2C2H6.C2H4/c1-11-4-6-12(7-5-11)8-9-13(16-15)3-2-10-14;1-4-11(5-2)12-8-6-10(3)7-9-12;1-2-3-9-14-12-10-11(13-14)7-5-4-6-8-11;3*1-2/h2-10,16H,14-15H2,1H3;4-9H,1H2,2-3H3;2-7,12-13H,8-10H2,1H3;2*1-2H3;1-2H2/b9-8+,10-2-,13-3-;11-5+;3-2-;;;. The number of hydrazine groups is 3. The Labute approximate surface area is 293 Å². The van der Waals surface area contributed by atoms with Gasteiger partial charge in [-0.05, 0) is 75.2 Å². The van der Waals surface area contributed by atoms with E-state index < -0.39 is 0 Å². The van der Waals surface area contributed by atoms with E-state index in [-0.39, 0.29) is 5.54 Å². The quantitative estimate of drug-likeness (QED) is 0.0845. The third kappa shape index (κ3) is 19.3. The number of hydrogen-bond acceptors (Lipinski definition) is 6. The summed E-state index contributed by atoms with van der Waals surface area (Å²) in [6.07, 6.45) is 26.7. The molecule has 1 heterocycles. The predicted octanol–water partition coefficient (Wildman–Crippen LogP) is 9.41. The average Bonchev–Trinajstić information content (AvgIpc) is 3.54. The molecule has 0 amide bonds. The van der Waals surface area contributed by atoms with Crippen molar-refractivity contribution in [3.05, 3.63) is 169 Å². The minimum absolute atomic E-state index is 0.107. The molecule has 0 aromatic heterocycles. The summed E-state index contributed by atoms with van der Waals surface area (Å²) in [5.41, 5.74) is 21.6. The highest BCUT2D eigenvalue weighted by Crippen LogP contribution is 2.20. The highest BCUT2D eigenvalue weighted by molar-refractivity contribution is 5.73. The van der Waals surface area contributed by atoms with Crippen molar-refractivity contribution in [3.63, 3.8) is 0 Å². The highest BCUT2D eigenvalue weighted by Gasteiger charge is 2.34. The molecule has 1 unspecified atom stereocenters. The van der Waals surface area contributed by atoms with E-state index in [4.69, 9.17) is 11.6 Å².